The molecule has 2 heteroatoms. The number of aliphatic imine (C=N–C) groups is 1. The first-order valence-corrected chi connectivity index (χ1v) is 8.05. The Hall–Kier alpha value is -1.96. The van der Waals surface area contributed by atoms with E-state index in [1.165, 1.54) is 22.3 Å². The van der Waals surface area contributed by atoms with E-state index in [1.807, 2.05) is 38.3 Å². The van der Waals surface area contributed by atoms with Crippen LogP contribution in [0.1, 0.15) is 43.0 Å². The largest absolute Gasteiger partial charge is 0.297 e. The molecule has 1 aromatic heterocycles. The number of aromatic nitrogens is 1. The van der Waals surface area contributed by atoms with Crippen LogP contribution >= 0.6 is 0 Å². The molecular weight excluding hydrogens is 268 g/mol. The Bertz CT molecular complexity index is 481. The van der Waals surface area contributed by atoms with Gasteiger partial charge in [-0.25, -0.2) is 0 Å². The van der Waals surface area contributed by atoms with Crippen LogP contribution in [0.3, 0.4) is 0 Å². The molecule has 0 bridgehead atoms. The SMILES string of the molecule is CC.CCN=CCc1cc(C)c(C)c(C)c1.c1ccncc1. The number of hydrogen-bond acceptors (Lipinski definition) is 2. The molecule has 1 aromatic carbocycles. The van der Waals surface area contributed by atoms with Crippen LogP contribution < -0.4 is 0 Å². The zero-order chi connectivity index (χ0) is 16.8. The van der Waals surface area contributed by atoms with Crippen LogP contribution in [0, 0.1) is 20.8 Å². The minimum Gasteiger partial charge on any atom is -0.297 e. The van der Waals surface area contributed by atoms with Gasteiger partial charge in [-0.15, -0.1) is 0 Å². The number of hydrogen-bond donors (Lipinski definition) is 0. The van der Waals surface area contributed by atoms with Gasteiger partial charge in [-0.2, -0.15) is 0 Å². The molecule has 2 aromatic rings. The van der Waals surface area contributed by atoms with E-state index in [9.17, 15) is 0 Å². The number of nitrogens with zero attached hydrogens (tertiary/aromatic N) is 2. The van der Waals surface area contributed by atoms with E-state index in [1.54, 1.807) is 12.4 Å². The van der Waals surface area contributed by atoms with Crippen LogP contribution in [0.15, 0.2) is 47.7 Å². The van der Waals surface area contributed by atoms with E-state index in [4.69, 9.17) is 0 Å². The molecule has 1 heterocycles. The van der Waals surface area contributed by atoms with Gasteiger partial charge >= 0.3 is 0 Å². The Kier molecular flexibility index (Phi) is 11.6. The lowest BCUT2D eigenvalue weighted by Gasteiger charge is -2.07. The highest BCUT2D eigenvalue weighted by Gasteiger charge is 1.99. The molecule has 0 amide bonds. The average Bonchev–Trinajstić information content (AvgIpc) is 2.57. The molecule has 0 saturated heterocycles. The average molecular weight is 298 g/mol. The lowest BCUT2D eigenvalue weighted by Crippen LogP contribution is -1.93. The first kappa shape index (κ1) is 20.0. The lowest BCUT2D eigenvalue weighted by molar-refractivity contribution is 1.12. The molecule has 2 nitrogen and oxygen atoms in total. The third-order valence-electron chi connectivity index (χ3n) is 3.19. The van der Waals surface area contributed by atoms with Gasteiger partial charge in [0, 0.05) is 31.6 Å². The summed E-state index contributed by atoms with van der Waals surface area (Å²) in [5.74, 6) is 0. The van der Waals surface area contributed by atoms with E-state index < -0.39 is 0 Å². The van der Waals surface area contributed by atoms with Gasteiger partial charge in [-0.3, -0.25) is 9.98 Å². The van der Waals surface area contributed by atoms with Gasteiger partial charge in [0.1, 0.15) is 0 Å². The minimum atomic E-state index is 0.879. The van der Waals surface area contributed by atoms with Crippen molar-refractivity contribution in [3.05, 3.63) is 65.0 Å². The Balaban J connectivity index is 0.000000457. The van der Waals surface area contributed by atoms with E-state index in [2.05, 4.69) is 49.8 Å². The third kappa shape index (κ3) is 8.35. The zero-order valence-electron chi connectivity index (χ0n) is 14.9. The molecule has 0 N–H and O–H groups in total. The molecule has 0 aliphatic carbocycles. The second-order valence-electron chi connectivity index (χ2n) is 4.76. The highest BCUT2D eigenvalue weighted by molar-refractivity contribution is 5.62. The molecule has 22 heavy (non-hydrogen) atoms. The quantitative estimate of drug-likeness (QED) is 0.701. The summed E-state index contributed by atoms with van der Waals surface area (Å²) in [4.78, 5) is 8.01. The van der Waals surface area contributed by atoms with E-state index >= 15 is 0 Å². The second-order valence-corrected chi connectivity index (χ2v) is 4.76. The Morgan fingerprint density at radius 2 is 1.50 bits per heavy atom. The van der Waals surface area contributed by atoms with E-state index in [0.717, 1.165) is 13.0 Å². The molecule has 0 saturated carbocycles. The van der Waals surface area contributed by atoms with Gasteiger partial charge in [0.25, 0.3) is 0 Å². The number of benzene rings is 1. The lowest BCUT2D eigenvalue weighted by atomic mass is 9.99. The van der Waals surface area contributed by atoms with Gasteiger partial charge in [-0.1, -0.05) is 32.0 Å². The van der Waals surface area contributed by atoms with Crippen molar-refractivity contribution in [2.75, 3.05) is 6.54 Å². The fourth-order valence-electron chi connectivity index (χ4n) is 1.85. The normalized spacial score (nSPS) is 9.55. The smallest absolute Gasteiger partial charge is 0.0357 e. The van der Waals surface area contributed by atoms with Gasteiger partial charge in [0.05, 0.1) is 0 Å². The van der Waals surface area contributed by atoms with Gasteiger partial charge in [-0.05, 0) is 62.1 Å². The van der Waals surface area contributed by atoms with Gasteiger partial charge in [0.2, 0.25) is 0 Å². The van der Waals surface area contributed by atoms with Crippen molar-refractivity contribution in [3.8, 4) is 0 Å². The Morgan fingerprint density at radius 3 is 1.86 bits per heavy atom. The van der Waals surface area contributed by atoms with Crippen molar-refractivity contribution in [1.29, 1.82) is 0 Å². The molecule has 0 aliphatic rings. The van der Waals surface area contributed by atoms with Crippen molar-refractivity contribution < 1.29 is 0 Å². The summed E-state index contributed by atoms with van der Waals surface area (Å²) in [5, 5.41) is 0. The third-order valence-corrected chi connectivity index (χ3v) is 3.19. The first-order chi connectivity index (χ1) is 10.6. The fourth-order valence-corrected chi connectivity index (χ4v) is 1.85. The van der Waals surface area contributed by atoms with Crippen LogP contribution in [0.2, 0.25) is 0 Å². The number of rotatable bonds is 3. The molecule has 0 fully saturated rings. The predicted octanol–water partition coefficient (Wildman–Crippen LogP) is 5.35. The van der Waals surface area contributed by atoms with E-state index in [0.29, 0.717) is 0 Å². The van der Waals surface area contributed by atoms with Gasteiger partial charge in [0.15, 0.2) is 0 Å². The van der Waals surface area contributed by atoms with Crippen molar-refractivity contribution in [2.45, 2.75) is 48.0 Å². The van der Waals surface area contributed by atoms with Crippen LogP contribution in [-0.4, -0.2) is 17.7 Å². The van der Waals surface area contributed by atoms with Crippen molar-refractivity contribution in [3.63, 3.8) is 0 Å². The molecular formula is C20H30N2. The second kappa shape index (κ2) is 12.8. The molecule has 2 rings (SSSR count). The maximum absolute atomic E-state index is 4.22. The monoisotopic (exact) mass is 298 g/mol. The summed E-state index contributed by atoms with van der Waals surface area (Å²) in [7, 11) is 0. The summed E-state index contributed by atoms with van der Waals surface area (Å²) < 4.78 is 0. The minimum absolute atomic E-state index is 0.879. The molecule has 0 aliphatic heterocycles. The van der Waals surface area contributed by atoms with Gasteiger partial charge < -0.3 is 0 Å². The van der Waals surface area contributed by atoms with Crippen molar-refractivity contribution in [2.24, 2.45) is 4.99 Å². The van der Waals surface area contributed by atoms with Crippen LogP contribution in [0.4, 0.5) is 0 Å². The summed E-state index contributed by atoms with van der Waals surface area (Å²) in [6.07, 6.45) is 6.46. The Labute approximate surface area is 136 Å². The maximum atomic E-state index is 4.22. The number of pyridine rings is 1. The van der Waals surface area contributed by atoms with Crippen LogP contribution in [0.25, 0.3) is 0 Å². The topological polar surface area (TPSA) is 25.2 Å². The Morgan fingerprint density at radius 1 is 0.955 bits per heavy atom. The van der Waals surface area contributed by atoms with Crippen LogP contribution in [-0.2, 0) is 6.42 Å². The van der Waals surface area contributed by atoms with Crippen molar-refractivity contribution in [1.82, 2.24) is 4.98 Å². The molecule has 0 radical (unpaired) electrons. The standard InChI is InChI=1S/C13H19N.C5H5N.C2H6/c1-5-14-7-6-13-8-10(2)12(4)11(3)9-13;1-2-4-6-5-3-1;1-2/h7-9H,5-6H2,1-4H3;1-5H;1-2H3. The highest BCUT2D eigenvalue weighted by atomic mass is 14.7. The van der Waals surface area contributed by atoms with Crippen LogP contribution in [0.5, 0.6) is 0 Å². The zero-order valence-corrected chi connectivity index (χ0v) is 14.9. The molecule has 0 unspecified atom stereocenters. The predicted molar refractivity (Wildman–Crippen MR) is 99.0 cm³/mol. The summed E-state index contributed by atoms with van der Waals surface area (Å²) in [6.45, 7) is 13.5. The summed E-state index contributed by atoms with van der Waals surface area (Å²) in [5.41, 5.74) is 5.53. The molecule has 0 atom stereocenters. The maximum Gasteiger partial charge on any atom is 0.0357 e. The van der Waals surface area contributed by atoms with Crippen molar-refractivity contribution >= 4 is 6.21 Å². The van der Waals surface area contributed by atoms with E-state index in [-0.39, 0.29) is 0 Å². The fraction of sp³-hybridized carbons (Fsp3) is 0.400. The number of aryl methyl sites for hydroxylation is 2. The first-order valence-electron chi connectivity index (χ1n) is 8.05. The highest BCUT2D eigenvalue weighted by Crippen LogP contribution is 2.15. The molecule has 120 valence electrons. The summed E-state index contributed by atoms with van der Waals surface area (Å²) in [6, 6.07) is 10.2. The molecule has 0 spiro atoms. The summed E-state index contributed by atoms with van der Waals surface area (Å²) >= 11 is 0.